The molecular formula is C18H18. The van der Waals surface area contributed by atoms with Crippen LogP contribution in [0.4, 0.5) is 0 Å². The highest BCUT2D eigenvalue weighted by molar-refractivity contribution is 5.99. The summed E-state index contributed by atoms with van der Waals surface area (Å²) in [4.78, 5) is 0. The number of unbranched alkanes of at least 4 members (excludes halogenated alkanes) is 1. The van der Waals surface area contributed by atoms with Crippen LogP contribution in [-0.2, 0) is 6.42 Å². The maximum absolute atomic E-state index is 2.34. The van der Waals surface area contributed by atoms with Crippen molar-refractivity contribution in [1.82, 2.24) is 0 Å². The molecule has 3 aromatic carbocycles. The van der Waals surface area contributed by atoms with Crippen molar-refractivity contribution in [3.8, 4) is 0 Å². The van der Waals surface area contributed by atoms with Gasteiger partial charge in [0.1, 0.15) is 0 Å². The maximum Gasteiger partial charge on any atom is -0.0146 e. The molecule has 0 radical (unpaired) electrons. The van der Waals surface area contributed by atoms with Crippen LogP contribution in [0.25, 0.3) is 21.5 Å². The van der Waals surface area contributed by atoms with Gasteiger partial charge in [-0.2, -0.15) is 0 Å². The van der Waals surface area contributed by atoms with Crippen molar-refractivity contribution in [3.05, 3.63) is 60.2 Å². The van der Waals surface area contributed by atoms with Gasteiger partial charge in [0.15, 0.2) is 0 Å². The Balaban J connectivity index is 2.22. The summed E-state index contributed by atoms with van der Waals surface area (Å²) in [7, 11) is 0. The van der Waals surface area contributed by atoms with Crippen LogP contribution in [0, 0.1) is 0 Å². The van der Waals surface area contributed by atoms with Crippen LogP contribution in [0.1, 0.15) is 25.3 Å². The summed E-state index contributed by atoms with van der Waals surface area (Å²) in [6, 6.07) is 19.9. The predicted octanol–water partition coefficient (Wildman–Crippen LogP) is 5.34. The number of rotatable bonds is 3. The van der Waals surface area contributed by atoms with Crippen molar-refractivity contribution in [2.45, 2.75) is 26.2 Å². The fraction of sp³-hybridized carbons (Fsp3) is 0.222. The van der Waals surface area contributed by atoms with E-state index in [1.165, 1.54) is 46.4 Å². The van der Waals surface area contributed by atoms with Crippen molar-refractivity contribution in [2.24, 2.45) is 0 Å². The second-order valence-corrected chi connectivity index (χ2v) is 4.94. The highest BCUT2D eigenvalue weighted by Gasteiger charge is 2.02. The summed E-state index contributed by atoms with van der Waals surface area (Å²) in [5, 5.41) is 5.46. The Bertz CT molecular complexity index is 680. The van der Waals surface area contributed by atoms with Gasteiger partial charge in [0.25, 0.3) is 0 Å². The van der Waals surface area contributed by atoms with E-state index >= 15 is 0 Å². The fourth-order valence-corrected chi connectivity index (χ4v) is 2.62. The molecule has 0 amide bonds. The van der Waals surface area contributed by atoms with E-state index < -0.39 is 0 Å². The minimum absolute atomic E-state index is 1.19. The minimum Gasteiger partial charge on any atom is -0.0654 e. The molecule has 90 valence electrons. The molecule has 0 unspecified atom stereocenters. The van der Waals surface area contributed by atoms with E-state index in [4.69, 9.17) is 0 Å². The Hall–Kier alpha value is -1.82. The third kappa shape index (κ3) is 1.99. The van der Waals surface area contributed by atoms with Crippen LogP contribution in [0.3, 0.4) is 0 Å². The molecule has 0 aliphatic heterocycles. The average Bonchev–Trinajstić information content (AvgIpc) is 2.43. The van der Waals surface area contributed by atoms with E-state index in [0.717, 1.165) is 0 Å². The van der Waals surface area contributed by atoms with E-state index in [2.05, 4.69) is 61.5 Å². The molecule has 0 aromatic heterocycles. The van der Waals surface area contributed by atoms with Gasteiger partial charge in [0.05, 0.1) is 0 Å². The van der Waals surface area contributed by atoms with Crippen molar-refractivity contribution >= 4 is 21.5 Å². The van der Waals surface area contributed by atoms with Crippen LogP contribution in [0.5, 0.6) is 0 Å². The second kappa shape index (κ2) is 4.81. The van der Waals surface area contributed by atoms with Crippen LogP contribution in [-0.4, -0.2) is 0 Å². The van der Waals surface area contributed by atoms with E-state index in [1.54, 1.807) is 0 Å². The molecule has 18 heavy (non-hydrogen) atoms. The molecule has 0 bridgehead atoms. The normalized spacial score (nSPS) is 11.2. The predicted molar refractivity (Wildman–Crippen MR) is 80.1 cm³/mol. The van der Waals surface area contributed by atoms with Gasteiger partial charge in [-0.05, 0) is 52.1 Å². The highest BCUT2D eigenvalue weighted by Crippen LogP contribution is 2.26. The Labute approximate surface area is 108 Å². The summed E-state index contributed by atoms with van der Waals surface area (Å²) >= 11 is 0. The zero-order valence-electron chi connectivity index (χ0n) is 10.8. The third-order valence-corrected chi connectivity index (χ3v) is 3.64. The third-order valence-electron chi connectivity index (χ3n) is 3.64. The van der Waals surface area contributed by atoms with Gasteiger partial charge in [-0.1, -0.05) is 55.8 Å². The molecule has 0 heterocycles. The van der Waals surface area contributed by atoms with E-state index in [-0.39, 0.29) is 0 Å². The van der Waals surface area contributed by atoms with Crippen molar-refractivity contribution in [3.63, 3.8) is 0 Å². The van der Waals surface area contributed by atoms with E-state index in [1.807, 2.05) is 0 Å². The van der Waals surface area contributed by atoms with Crippen molar-refractivity contribution < 1.29 is 0 Å². The van der Waals surface area contributed by atoms with Gasteiger partial charge in [-0.25, -0.2) is 0 Å². The Morgan fingerprint density at radius 3 is 2.28 bits per heavy atom. The molecule has 0 N–H and O–H groups in total. The number of hydrogen-bond acceptors (Lipinski definition) is 0. The van der Waals surface area contributed by atoms with Crippen LogP contribution in [0.15, 0.2) is 54.6 Å². The van der Waals surface area contributed by atoms with Crippen molar-refractivity contribution in [1.29, 1.82) is 0 Å². The molecule has 0 nitrogen and oxygen atoms in total. The first-order valence-corrected chi connectivity index (χ1v) is 6.79. The van der Waals surface area contributed by atoms with Gasteiger partial charge in [0, 0.05) is 0 Å². The summed E-state index contributed by atoms with van der Waals surface area (Å²) in [5.41, 5.74) is 1.49. The molecule has 0 fully saturated rings. The first-order chi connectivity index (χ1) is 8.88. The Morgan fingerprint density at radius 1 is 0.778 bits per heavy atom. The first kappa shape index (κ1) is 11.3. The molecule has 0 heteroatoms. The molecule has 0 atom stereocenters. The number of benzene rings is 3. The molecule has 3 aromatic rings. The molecule has 0 saturated heterocycles. The van der Waals surface area contributed by atoms with Gasteiger partial charge in [0.2, 0.25) is 0 Å². The lowest BCUT2D eigenvalue weighted by molar-refractivity contribution is 0.799. The zero-order chi connectivity index (χ0) is 12.4. The quantitative estimate of drug-likeness (QED) is 0.537. The first-order valence-electron chi connectivity index (χ1n) is 6.79. The summed E-state index contributed by atoms with van der Waals surface area (Å²) in [5.74, 6) is 0. The lowest BCUT2D eigenvalue weighted by Gasteiger charge is -2.08. The molecule has 0 saturated carbocycles. The van der Waals surface area contributed by atoms with Crippen LogP contribution in [0.2, 0.25) is 0 Å². The lowest BCUT2D eigenvalue weighted by atomic mass is 9.97. The lowest BCUT2D eigenvalue weighted by Crippen LogP contribution is -1.87. The summed E-state index contributed by atoms with van der Waals surface area (Å²) in [6.45, 7) is 2.25. The SMILES string of the molecule is CCCCc1cccc2cc3ccccc3cc12. The van der Waals surface area contributed by atoms with Crippen LogP contribution >= 0.6 is 0 Å². The van der Waals surface area contributed by atoms with Gasteiger partial charge in [-0.3, -0.25) is 0 Å². The average molecular weight is 234 g/mol. The second-order valence-electron chi connectivity index (χ2n) is 4.94. The molecule has 0 aliphatic rings. The maximum atomic E-state index is 2.34. The van der Waals surface area contributed by atoms with Crippen LogP contribution < -0.4 is 0 Å². The summed E-state index contributed by atoms with van der Waals surface area (Å²) in [6.07, 6.45) is 3.71. The van der Waals surface area contributed by atoms with E-state index in [0.29, 0.717) is 0 Å². The van der Waals surface area contributed by atoms with Gasteiger partial charge in [-0.15, -0.1) is 0 Å². The van der Waals surface area contributed by atoms with Gasteiger partial charge < -0.3 is 0 Å². The molecule has 3 rings (SSSR count). The van der Waals surface area contributed by atoms with E-state index in [9.17, 15) is 0 Å². The summed E-state index contributed by atoms with van der Waals surface area (Å²) < 4.78 is 0. The van der Waals surface area contributed by atoms with Gasteiger partial charge >= 0.3 is 0 Å². The fourth-order valence-electron chi connectivity index (χ4n) is 2.62. The molecule has 0 spiro atoms. The monoisotopic (exact) mass is 234 g/mol. The highest BCUT2D eigenvalue weighted by atomic mass is 14.1. The standard InChI is InChI=1S/C18H18/c1-2-3-7-14-10-6-11-17-12-15-8-4-5-9-16(15)13-18(14)17/h4-6,8-13H,2-3,7H2,1H3. The minimum atomic E-state index is 1.19. The number of hydrogen-bond donors (Lipinski definition) is 0. The van der Waals surface area contributed by atoms with Crippen molar-refractivity contribution in [2.75, 3.05) is 0 Å². The largest absolute Gasteiger partial charge is 0.0654 e. The molecule has 0 aliphatic carbocycles. The topological polar surface area (TPSA) is 0 Å². The number of fused-ring (bicyclic) bond motifs is 2. The Kier molecular flexibility index (Phi) is 3.02. The zero-order valence-corrected chi connectivity index (χ0v) is 10.8. The smallest absolute Gasteiger partial charge is 0.0146 e. The Morgan fingerprint density at radius 2 is 1.50 bits per heavy atom. The molecular weight excluding hydrogens is 216 g/mol. The number of aryl methyl sites for hydroxylation is 1.